The molecule has 1 atom stereocenters. The molecule has 1 aromatic carbocycles. The predicted molar refractivity (Wildman–Crippen MR) is 100 cm³/mol. The number of nitrogens with zero attached hydrogens (tertiary/aromatic N) is 4. The largest absolute Gasteiger partial charge is 0.313 e. The van der Waals surface area contributed by atoms with Crippen molar-refractivity contribution in [2.45, 2.75) is 37.6 Å². The van der Waals surface area contributed by atoms with E-state index < -0.39 is 10.0 Å². The Morgan fingerprint density at radius 1 is 1.19 bits per heavy atom. The molecule has 1 saturated heterocycles. The van der Waals surface area contributed by atoms with E-state index >= 15 is 0 Å². The van der Waals surface area contributed by atoms with E-state index in [1.165, 1.54) is 0 Å². The van der Waals surface area contributed by atoms with Crippen molar-refractivity contribution < 1.29 is 8.42 Å². The summed E-state index contributed by atoms with van der Waals surface area (Å²) in [4.78, 5) is 9.54. The third kappa shape index (κ3) is 2.81. The van der Waals surface area contributed by atoms with Gasteiger partial charge in [-0.25, -0.2) is 18.4 Å². The number of rotatable bonds is 4. The molecule has 1 fully saturated rings. The zero-order valence-electron chi connectivity index (χ0n) is 15.0. The monoisotopic (exact) mass is 370 g/mol. The summed E-state index contributed by atoms with van der Waals surface area (Å²) in [7, 11) is -3.47. The molecule has 3 heterocycles. The molecular formula is C19H22N4O2S. The van der Waals surface area contributed by atoms with Crippen molar-refractivity contribution in [3.63, 3.8) is 0 Å². The third-order valence-electron chi connectivity index (χ3n) is 5.02. The van der Waals surface area contributed by atoms with Crippen molar-refractivity contribution >= 4 is 21.2 Å². The lowest BCUT2D eigenvalue weighted by atomic mass is 10.1. The Hall–Kier alpha value is -2.25. The molecule has 0 amide bonds. The van der Waals surface area contributed by atoms with E-state index in [0.29, 0.717) is 18.0 Å². The number of aryl methyl sites for hydroxylation is 2. The standard InChI is InChI=1S/C19H22N4O2S/c1-3-23-18(21-17-5-4-11-20-19(17)23)15-10-12-22(13-15)26(24,25)16-8-6-14(2)7-9-16/h4-9,11,15H,3,10,12-13H2,1-2H3/t15-/m1/s1. The van der Waals surface area contributed by atoms with Crippen molar-refractivity contribution in [2.24, 2.45) is 0 Å². The average molecular weight is 370 g/mol. The fourth-order valence-corrected chi connectivity index (χ4v) is 5.12. The Kier molecular flexibility index (Phi) is 4.28. The number of hydrogen-bond acceptors (Lipinski definition) is 4. The summed E-state index contributed by atoms with van der Waals surface area (Å²) in [6, 6.07) is 10.9. The molecule has 7 heteroatoms. The lowest BCUT2D eigenvalue weighted by Gasteiger charge is -2.17. The van der Waals surface area contributed by atoms with E-state index in [1.807, 2.05) is 31.2 Å². The molecule has 26 heavy (non-hydrogen) atoms. The Bertz CT molecular complexity index is 1040. The maximum absolute atomic E-state index is 12.9. The number of pyridine rings is 1. The van der Waals surface area contributed by atoms with Crippen LogP contribution in [0.25, 0.3) is 11.2 Å². The van der Waals surface area contributed by atoms with Crippen LogP contribution in [0.15, 0.2) is 47.5 Å². The van der Waals surface area contributed by atoms with Gasteiger partial charge in [0.15, 0.2) is 5.65 Å². The summed E-state index contributed by atoms with van der Waals surface area (Å²) in [6.45, 7) is 5.76. The van der Waals surface area contributed by atoms with Crippen LogP contribution in [-0.2, 0) is 16.6 Å². The highest BCUT2D eigenvalue weighted by Crippen LogP contribution is 2.32. The van der Waals surface area contributed by atoms with Crippen LogP contribution < -0.4 is 0 Å². The summed E-state index contributed by atoms with van der Waals surface area (Å²) in [5, 5.41) is 0. The topological polar surface area (TPSA) is 68.1 Å². The first-order valence-corrected chi connectivity index (χ1v) is 10.3. The molecule has 1 aliphatic rings. The molecule has 0 bridgehead atoms. The fourth-order valence-electron chi connectivity index (χ4n) is 3.62. The number of fused-ring (bicyclic) bond motifs is 1. The van der Waals surface area contributed by atoms with Crippen molar-refractivity contribution in [1.29, 1.82) is 0 Å². The van der Waals surface area contributed by atoms with Crippen LogP contribution in [0.5, 0.6) is 0 Å². The van der Waals surface area contributed by atoms with E-state index in [2.05, 4.69) is 16.5 Å². The van der Waals surface area contributed by atoms with Crippen molar-refractivity contribution in [1.82, 2.24) is 18.8 Å². The summed E-state index contributed by atoms with van der Waals surface area (Å²) >= 11 is 0. The first kappa shape index (κ1) is 17.2. The smallest absolute Gasteiger partial charge is 0.243 e. The lowest BCUT2D eigenvalue weighted by molar-refractivity contribution is 0.469. The minimum atomic E-state index is -3.47. The Labute approximate surface area is 153 Å². The Morgan fingerprint density at radius 2 is 1.96 bits per heavy atom. The van der Waals surface area contributed by atoms with Crippen LogP contribution in [0.1, 0.15) is 30.7 Å². The molecule has 136 valence electrons. The molecule has 1 aliphatic heterocycles. The van der Waals surface area contributed by atoms with Gasteiger partial charge in [0.2, 0.25) is 10.0 Å². The Balaban J connectivity index is 1.64. The molecule has 0 aliphatic carbocycles. The number of sulfonamides is 1. The molecule has 0 N–H and O–H groups in total. The second kappa shape index (κ2) is 6.48. The van der Waals surface area contributed by atoms with Crippen molar-refractivity contribution in [3.8, 4) is 0 Å². The van der Waals surface area contributed by atoms with Crippen LogP contribution in [0.2, 0.25) is 0 Å². The molecule has 2 aromatic heterocycles. The minimum absolute atomic E-state index is 0.0874. The molecule has 6 nitrogen and oxygen atoms in total. The maximum atomic E-state index is 12.9. The van der Waals surface area contributed by atoms with E-state index in [4.69, 9.17) is 4.98 Å². The maximum Gasteiger partial charge on any atom is 0.243 e. The zero-order chi connectivity index (χ0) is 18.3. The van der Waals surface area contributed by atoms with Gasteiger partial charge in [-0.15, -0.1) is 0 Å². The SMILES string of the molecule is CCn1c([C@@H]2CCN(S(=O)(=O)c3ccc(C)cc3)C2)nc2cccnc21. The summed E-state index contributed by atoms with van der Waals surface area (Å²) in [6.07, 6.45) is 2.54. The van der Waals surface area contributed by atoms with Crippen molar-refractivity contribution in [3.05, 3.63) is 54.0 Å². The van der Waals surface area contributed by atoms with Gasteiger partial charge < -0.3 is 4.57 Å². The van der Waals surface area contributed by atoms with Crippen LogP contribution in [0, 0.1) is 6.92 Å². The molecule has 4 rings (SSSR count). The van der Waals surface area contributed by atoms with Gasteiger partial charge in [0.25, 0.3) is 0 Å². The van der Waals surface area contributed by atoms with E-state index in [0.717, 1.165) is 35.5 Å². The van der Waals surface area contributed by atoms with Crippen LogP contribution in [0.3, 0.4) is 0 Å². The second-order valence-electron chi connectivity index (χ2n) is 6.72. The summed E-state index contributed by atoms with van der Waals surface area (Å²) in [5.41, 5.74) is 2.78. The number of benzene rings is 1. The van der Waals surface area contributed by atoms with Gasteiger partial charge in [-0.05, 0) is 44.5 Å². The quantitative estimate of drug-likeness (QED) is 0.708. The highest BCUT2D eigenvalue weighted by atomic mass is 32.2. The normalized spacial score (nSPS) is 18.6. The van der Waals surface area contributed by atoms with Gasteiger partial charge in [-0.1, -0.05) is 17.7 Å². The molecular weight excluding hydrogens is 348 g/mol. The second-order valence-corrected chi connectivity index (χ2v) is 8.66. The molecule has 3 aromatic rings. The molecule has 0 radical (unpaired) electrons. The van der Waals surface area contributed by atoms with E-state index in [1.54, 1.807) is 22.6 Å². The van der Waals surface area contributed by atoms with Crippen LogP contribution in [-0.4, -0.2) is 40.3 Å². The average Bonchev–Trinajstić information content (AvgIpc) is 3.27. The highest BCUT2D eigenvalue weighted by molar-refractivity contribution is 7.89. The van der Waals surface area contributed by atoms with Gasteiger partial charge in [0.1, 0.15) is 11.3 Å². The van der Waals surface area contributed by atoms with Gasteiger partial charge in [-0.3, -0.25) is 0 Å². The lowest BCUT2D eigenvalue weighted by Crippen LogP contribution is -2.29. The predicted octanol–water partition coefficient (Wildman–Crippen LogP) is 2.94. The third-order valence-corrected chi connectivity index (χ3v) is 6.90. The van der Waals surface area contributed by atoms with Crippen LogP contribution >= 0.6 is 0 Å². The molecule has 0 spiro atoms. The first-order chi connectivity index (χ1) is 12.5. The van der Waals surface area contributed by atoms with Gasteiger partial charge >= 0.3 is 0 Å². The number of imidazole rings is 1. The molecule has 0 saturated carbocycles. The fraction of sp³-hybridized carbons (Fsp3) is 0.368. The zero-order valence-corrected chi connectivity index (χ0v) is 15.8. The summed E-state index contributed by atoms with van der Waals surface area (Å²) < 4.78 is 29.5. The van der Waals surface area contributed by atoms with E-state index in [-0.39, 0.29) is 5.92 Å². The van der Waals surface area contributed by atoms with Crippen LogP contribution in [0.4, 0.5) is 0 Å². The number of aromatic nitrogens is 3. The minimum Gasteiger partial charge on any atom is -0.313 e. The first-order valence-electron chi connectivity index (χ1n) is 8.88. The van der Waals surface area contributed by atoms with Gasteiger partial charge in [0, 0.05) is 31.7 Å². The van der Waals surface area contributed by atoms with Gasteiger partial charge in [-0.2, -0.15) is 4.31 Å². The highest BCUT2D eigenvalue weighted by Gasteiger charge is 2.35. The van der Waals surface area contributed by atoms with Gasteiger partial charge in [0.05, 0.1) is 4.90 Å². The Morgan fingerprint density at radius 3 is 2.69 bits per heavy atom. The molecule has 0 unspecified atom stereocenters. The number of hydrogen-bond donors (Lipinski definition) is 0. The van der Waals surface area contributed by atoms with Crippen molar-refractivity contribution in [2.75, 3.05) is 13.1 Å². The van der Waals surface area contributed by atoms with E-state index in [9.17, 15) is 8.42 Å². The summed E-state index contributed by atoms with van der Waals surface area (Å²) in [5.74, 6) is 1.02.